The van der Waals surface area contributed by atoms with Crippen LogP contribution in [-0.2, 0) is 6.54 Å². The van der Waals surface area contributed by atoms with Gasteiger partial charge in [0.25, 0.3) is 0 Å². The molecule has 0 spiro atoms. The van der Waals surface area contributed by atoms with Crippen LogP contribution >= 0.6 is 23.8 Å². The van der Waals surface area contributed by atoms with Gasteiger partial charge >= 0.3 is 0 Å². The third kappa shape index (κ3) is 6.10. The number of anilines is 3. The number of hydrogen-bond acceptors (Lipinski definition) is 6. The van der Waals surface area contributed by atoms with Crippen LogP contribution in [0.5, 0.6) is 0 Å². The second-order valence-electron chi connectivity index (χ2n) is 9.57. The zero-order valence-corrected chi connectivity index (χ0v) is 22.2. The number of rotatable bonds is 6. The first-order valence-corrected chi connectivity index (χ1v) is 13.6. The van der Waals surface area contributed by atoms with Crippen molar-refractivity contribution in [2.75, 3.05) is 34.8 Å². The summed E-state index contributed by atoms with van der Waals surface area (Å²) < 4.78 is 5.98. The highest BCUT2D eigenvalue weighted by atomic mass is 35.5. The minimum Gasteiger partial charge on any atom is -0.459 e. The summed E-state index contributed by atoms with van der Waals surface area (Å²) in [6, 6.07) is 14.1. The maximum Gasteiger partial charge on any atom is 0.232 e. The summed E-state index contributed by atoms with van der Waals surface area (Å²) in [4.78, 5) is 14.5. The lowest BCUT2D eigenvalue weighted by Crippen LogP contribution is -2.39. The van der Waals surface area contributed by atoms with Crippen LogP contribution in [0.1, 0.15) is 51.2 Å². The van der Waals surface area contributed by atoms with Gasteiger partial charge in [0, 0.05) is 42.3 Å². The van der Waals surface area contributed by atoms with E-state index in [0.29, 0.717) is 28.7 Å². The number of benzene rings is 1. The number of furan rings is 1. The van der Waals surface area contributed by atoms with Gasteiger partial charge in [-0.1, -0.05) is 11.6 Å². The molecule has 0 saturated carbocycles. The van der Waals surface area contributed by atoms with Crippen LogP contribution < -0.4 is 20.4 Å². The van der Waals surface area contributed by atoms with Gasteiger partial charge in [-0.25, -0.2) is 0 Å². The molecule has 5 rings (SSSR count). The van der Waals surface area contributed by atoms with Crippen molar-refractivity contribution in [2.45, 2.75) is 58.0 Å². The summed E-state index contributed by atoms with van der Waals surface area (Å²) in [7, 11) is 0. The van der Waals surface area contributed by atoms with E-state index in [0.717, 1.165) is 48.4 Å². The van der Waals surface area contributed by atoms with Crippen LogP contribution in [-0.4, -0.2) is 40.8 Å². The lowest BCUT2D eigenvalue weighted by molar-refractivity contribution is 0.481. The van der Waals surface area contributed by atoms with E-state index in [2.05, 4.69) is 33.4 Å². The average molecular weight is 525 g/mol. The number of piperidine rings is 2. The standard InChI is InChI=1S/C27H33ClN6OS/c1-19-7-3-6-16-34(19)25-17-24(33-14-4-2-5-15-33)30-26(31-25)32-27(36)29-18-22-12-13-23(35-22)20-8-10-21(28)11-9-20/h8-13,17,19H,2-7,14-16,18H2,1H3,(H2,29,30,31,32,36)/t19-/m1/s1. The van der Waals surface area contributed by atoms with Crippen LogP contribution in [0.2, 0.25) is 5.02 Å². The lowest BCUT2D eigenvalue weighted by atomic mass is 10.0. The van der Waals surface area contributed by atoms with E-state index >= 15 is 0 Å². The Morgan fingerprint density at radius 2 is 1.75 bits per heavy atom. The maximum atomic E-state index is 5.99. The normalized spacial score (nSPS) is 18.2. The molecule has 2 fully saturated rings. The fourth-order valence-electron chi connectivity index (χ4n) is 4.90. The van der Waals surface area contributed by atoms with Gasteiger partial charge in [-0.3, -0.25) is 0 Å². The predicted molar refractivity (Wildman–Crippen MR) is 151 cm³/mol. The molecule has 1 atom stereocenters. The van der Waals surface area contributed by atoms with Crippen molar-refractivity contribution in [1.29, 1.82) is 0 Å². The molecule has 0 bridgehead atoms. The van der Waals surface area contributed by atoms with E-state index in [1.165, 1.54) is 38.5 Å². The molecule has 1 aromatic carbocycles. The minimum atomic E-state index is 0.460. The smallest absolute Gasteiger partial charge is 0.232 e. The monoisotopic (exact) mass is 524 g/mol. The molecule has 2 aliphatic heterocycles. The number of hydrogen-bond donors (Lipinski definition) is 2. The maximum absolute atomic E-state index is 5.99. The Kier molecular flexibility index (Phi) is 7.92. The van der Waals surface area contributed by atoms with Crippen molar-refractivity contribution >= 4 is 46.5 Å². The van der Waals surface area contributed by atoms with Crippen LogP contribution in [0.4, 0.5) is 17.6 Å². The topological polar surface area (TPSA) is 69.5 Å². The molecule has 0 radical (unpaired) electrons. The van der Waals surface area contributed by atoms with Crippen LogP contribution in [0, 0.1) is 0 Å². The van der Waals surface area contributed by atoms with Gasteiger partial charge < -0.3 is 24.9 Å². The zero-order valence-electron chi connectivity index (χ0n) is 20.7. The molecule has 0 amide bonds. The zero-order chi connectivity index (χ0) is 24.9. The van der Waals surface area contributed by atoms with Gasteiger partial charge in [0.15, 0.2) is 5.11 Å². The van der Waals surface area contributed by atoms with E-state index < -0.39 is 0 Å². The third-order valence-electron chi connectivity index (χ3n) is 6.92. The molecule has 36 heavy (non-hydrogen) atoms. The van der Waals surface area contributed by atoms with Gasteiger partial charge in [-0.2, -0.15) is 9.97 Å². The number of aromatic nitrogens is 2. The number of halogens is 1. The molecule has 7 nitrogen and oxygen atoms in total. The molecule has 0 aliphatic carbocycles. The Morgan fingerprint density at radius 3 is 2.53 bits per heavy atom. The average Bonchev–Trinajstić information content (AvgIpc) is 3.38. The van der Waals surface area contributed by atoms with Crippen molar-refractivity contribution < 1.29 is 4.42 Å². The van der Waals surface area contributed by atoms with Crippen molar-refractivity contribution in [3.8, 4) is 11.3 Å². The first-order valence-electron chi connectivity index (χ1n) is 12.9. The molecular weight excluding hydrogens is 492 g/mol. The molecule has 2 aromatic heterocycles. The molecule has 4 heterocycles. The molecule has 2 aliphatic rings. The van der Waals surface area contributed by atoms with Gasteiger partial charge in [-0.05, 0) is 94.1 Å². The Bertz CT molecular complexity index is 1180. The summed E-state index contributed by atoms with van der Waals surface area (Å²) in [6.07, 6.45) is 7.33. The summed E-state index contributed by atoms with van der Waals surface area (Å²) >= 11 is 11.6. The molecular formula is C27H33ClN6OS. The van der Waals surface area contributed by atoms with Crippen LogP contribution in [0.15, 0.2) is 46.9 Å². The summed E-state index contributed by atoms with van der Waals surface area (Å²) in [5.74, 6) is 4.06. The quantitative estimate of drug-likeness (QED) is 0.367. The highest BCUT2D eigenvalue weighted by Gasteiger charge is 2.23. The van der Waals surface area contributed by atoms with E-state index in [1.807, 2.05) is 36.4 Å². The second-order valence-corrected chi connectivity index (χ2v) is 10.4. The van der Waals surface area contributed by atoms with Crippen LogP contribution in [0.3, 0.4) is 0 Å². The fourth-order valence-corrected chi connectivity index (χ4v) is 5.19. The molecule has 3 aromatic rings. The SMILES string of the molecule is C[C@@H]1CCCCN1c1cc(N2CCCCC2)nc(NC(=S)NCc2ccc(-c3ccc(Cl)cc3)o2)n1. The highest BCUT2D eigenvalue weighted by Crippen LogP contribution is 2.28. The van der Waals surface area contributed by atoms with Crippen molar-refractivity contribution in [2.24, 2.45) is 0 Å². The van der Waals surface area contributed by atoms with Gasteiger partial charge in [0.05, 0.1) is 6.54 Å². The molecule has 0 unspecified atom stereocenters. The fraction of sp³-hybridized carbons (Fsp3) is 0.444. The van der Waals surface area contributed by atoms with Crippen molar-refractivity contribution in [3.63, 3.8) is 0 Å². The Balaban J connectivity index is 1.27. The lowest BCUT2D eigenvalue weighted by Gasteiger charge is -2.35. The first-order chi connectivity index (χ1) is 17.5. The number of thiocarbonyl (C=S) groups is 1. The largest absolute Gasteiger partial charge is 0.459 e. The van der Waals surface area contributed by atoms with Gasteiger partial charge in [0.1, 0.15) is 23.2 Å². The molecule has 2 saturated heterocycles. The summed E-state index contributed by atoms with van der Waals surface area (Å²) in [5, 5.41) is 7.61. The van der Waals surface area contributed by atoms with Crippen molar-refractivity contribution in [3.05, 3.63) is 53.2 Å². The Hall–Kier alpha value is -2.84. The number of nitrogens with zero attached hydrogens (tertiary/aromatic N) is 4. The summed E-state index contributed by atoms with van der Waals surface area (Å²) in [5.41, 5.74) is 0.980. The molecule has 9 heteroatoms. The third-order valence-corrected chi connectivity index (χ3v) is 7.41. The highest BCUT2D eigenvalue weighted by molar-refractivity contribution is 7.80. The second kappa shape index (κ2) is 11.5. The van der Waals surface area contributed by atoms with Crippen LogP contribution in [0.25, 0.3) is 11.3 Å². The number of nitrogens with one attached hydrogen (secondary N) is 2. The van der Waals surface area contributed by atoms with Gasteiger partial charge in [-0.15, -0.1) is 0 Å². The minimum absolute atomic E-state index is 0.460. The van der Waals surface area contributed by atoms with Crippen molar-refractivity contribution in [1.82, 2.24) is 15.3 Å². The summed E-state index contributed by atoms with van der Waals surface area (Å²) in [6.45, 7) is 5.82. The van der Waals surface area contributed by atoms with E-state index in [9.17, 15) is 0 Å². The van der Waals surface area contributed by atoms with E-state index in [-0.39, 0.29) is 0 Å². The first kappa shape index (κ1) is 24.8. The molecule has 190 valence electrons. The Morgan fingerprint density at radius 1 is 1.00 bits per heavy atom. The molecule has 2 N–H and O–H groups in total. The van der Waals surface area contributed by atoms with Gasteiger partial charge in [0.2, 0.25) is 5.95 Å². The Labute approximate surface area is 223 Å². The van der Waals surface area contributed by atoms with E-state index in [1.54, 1.807) is 0 Å². The van der Waals surface area contributed by atoms with E-state index in [4.69, 9.17) is 38.2 Å². The predicted octanol–water partition coefficient (Wildman–Crippen LogP) is 6.25.